The highest BCUT2D eigenvalue weighted by Gasteiger charge is 2.28. The zero-order valence-electron chi connectivity index (χ0n) is 12.0. The van der Waals surface area contributed by atoms with E-state index in [1.54, 1.807) is 15.2 Å². The summed E-state index contributed by atoms with van der Waals surface area (Å²) in [6.45, 7) is 2.32. The predicted octanol–water partition coefficient (Wildman–Crippen LogP) is -0.314. The molecule has 0 saturated carbocycles. The fraction of sp³-hybridized carbons (Fsp3) is 0.750. The van der Waals surface area contributed by atoms with Crippen LogP contribution in [0.15, 0.2) is 12.4 Å². The first-order valence-corrected chi connectivity index (χ1v) is 8.32. The van der Waals surface area contributed by atoms with Crippen molar-refractivity contribution in [1.82, 2.24) is 24.1 Å². The average Bonchev–Trinajstić information content (AvgIpc) is 2.83. The minimum Gasteiger partial charge on any atom is -0.319 e. The van der Waals surface area contributed by atoms with Crippen LogP contribution in [-0.4, -0.2) is 49.2 Å². The van der Waals surface area contributed by atoms with Crippen LogP contribution >= 0.6 is 0 Å². The van der Waals surface area contributed by atoms with Crippen LogP contribution in [0.3, 0.4) is 0 Å². The summed E-state index contributed by atoms with van der Waals surface area (Å²) < 4.78 is 30.4. The minimum atomic E-state index is -3.40. The molecule has 2 rings (SSSR count). The van der Waals surface area contributed by atoms with Gasteiger partial charge in [-0.3, -0.25) is 4.68 Å². The lowest BCUT2D eigenvalue weighted by Crippen LogP contribution is -2.47. The first-order chi connectivity index (χ1) is 9.51. The molecule has 0 bridgehead atoms. The molecule has 1 fully saturated rings. The number of nitrogens with zero attached hydrogens (tertiary/aromatic N) is 3. The maximum atomic E-state index is 12.3. The molecule has 0 aromatic carbocycles. The lowest BCUT2D eigenvalue weighted by molar-refractivity contribution is 0.261. The van der Waals surface area contributed by atoms with E-state index >= 15 is 0 Å². The second kappa shape index (κ2) is 6.66. The summed E-state index contributed by atoms with van der Waals surface area (Å²) in [5.41, 5.74) is 0.861. The smallest absolute Gasteiger partial charge is 0.279 e. The molecule has 20 heavy (non-hydrogen) atoms. The summed E-state index contributed by atoms with van der Waals surface area (Å²) in [5.74, 6) is 0.392. The van der Waals surface area contributed by atoms with Crippen LogP contribution < -0.4 is 10.0 Å². The Morgan fingerprint density at radius 3 is 2.95 bits per heavy atom. The zero-order valence-corrected chi connectivity index (χ0v) is 12.9. The van der Waals surface area contributed by atoms with Gasteiger partial charge in [0.2, 0.25) is 0 Å². The van der Waals surface area contributed by atoms with Crippen molar-refractivity contribution in [2.75, 3.05) is 26.7 Å². The third kappa shape index (κ3) is 4.02. The van der Waals surface area contributed by atoms with Gasteiger partial charge in [0.15, 0.2) is 0 Å². The Kier molecular flexibility index (Phi) is 5.14. The molecule has 0 spiro atoms. The van der Waals surface area contributed by atoms with Crippen molar-refractivity contribution >= 4 is 10.2 Å². The second-order valence-electron chi connectivity index (χ2n) is 5.27. The van der Waals surface area contributed by atoms with E-state index in [4.69, 9.17) is 0 Å². The fourth-order valence-electron chi connectivity index (χ4n) is 2.53. The van der Waals surface area contributed by atoms with Crippen molar-refractivity contribution in [2.24, 2.45) is 13.0 Å². The standard InChI is InChI=1S/C12H23N5O2S/c1-13-6-11-4-3-5-17(10-11)20(18,19)15-8-12-7-14-16(2)9-12/h7,9,11,13,15H,3-6,8,10H2,1-2H3. The summed E-state index contributed by atoms with van der Waals surface area (Å²) in [5, 5.41) is 7.14. The Morgan fingerprint density at radius 2 is 2.30 bits per heavy atom. The lowest BCUT2D eigenvalue weighted by atomic mass is 10.00. The molecular weight excluding hydrogens is 278 g/mol. The largest absolute Gasteiger partial charge is 0.319 e. The summed E-state index contributed by atoms with van der Waals surface area (Å²) in [6.07, 6.45) is 5.47. The van der Waals surface area contributed by atoms with E-state index in [0.29, 0.717) is 19.0 Å². The molecule has 114 valence electrons. The first-order valence-electron chi connectivity index (χ1n) is 6.88. The third-order valence-corrected chi connectivity index (χ3v) is 5.05. The summed E-state index contributed by atoms with van der Waals surface area (Å²) in [7, 11) is 0.302. The van der Waals surface area contributed by atoms with Gasteiger partial charge in [0.25, 0.3) is 10.2 Å². The normalized spacial score (nSPS) is 21.2. The molecule has 8 heteroatoms. The zero-order chi connectivity index (χ0) is 14.6. The minimum absolute atomic E-state index is 0.281. The van der Waals surface area contributed by atoms with Crippen molar-refractivity contribution in [3.05, 3.63) is 18.0 Å². The molecule has 1 aliphatic heterocycles. The van der Waals surface area contributed by atoms with Crippen LogP contribution in [-0.2, 0) is 23.8 Å². The van der Waals surface area contributed by atoms with Crippen LogP contribution in [0.2, 0.25) is 0 Å². The van der Waals surface area contributed by atoms with E-state index in [-0.39, 0.29) is 6.54 Å². The Morgan fingerprint density at radius 1 is 1.50 bits per heavy atom. The van der Waals surface area contributed by atoms with Gasteiger partial charge < -0.3 is 5.32 Å². The number of piperidine rings is 1. The molecular formula is C12H23N5O2S. The van der Waals surface area contributed by atoms with Crippen molar-refractivity contribution in [3.63, 3.8) is 0 Å². The molecule has 2 heterocycles. The number of hydrogen-bond donors (Lipinski definition) is 2. The van der Waals surface area contributed by atoms with Gasteiger partial charge in [-0.2, -0.15) is 22.5 Å². The molecule has 2 N–H and O–H groups in total. The average molecular weight is 301 g/mol. The molecule has 0 aliphatic carbocycles. The van der Waals surface area contributed by atoms with Crippen LogP contribution in [0.1, 0.15) is 18.4 Å². The molecule has 0 amide bonds. The van der Waals surface area contributed by atoms with Gasteiger partial charge in [0, 0.05) is 38.4 Å². The number of rotatable bonds is 6. The van der Waals surface area contributed by atoms with Crippen molar-refractivity contribution < 1.29 is 8.42 Å². The highest BCUT2D eigenvalue weighted by Crippen LogP contribution is 2.18. The molecule has 1 saturated heterocycles. The van der Waals surface area contributed by atoms with Crippen LogP contribution in [0.4, 0.5) is 0 Å². The molecule has 1 unspecified atom stereocenters. The van der Waals surface area contributed by atoms with E-state index in [9.17, 15) is 8.42 Å². The predicted molar refractivity (Wildman–Crippen MR) is 77.2 cm³/mol. The number of nitrogens with one attached hydrogen (secondary N) is 2. The van der Waals surface area contributed by atoms with Gasteiger partial charge in [0.1, 0.15) is 0 Å². The van der Waals surface area contributed by atoms with Gasteiger partial charge in [-0.15, -0.1) is 0 Å². The Labute approximate surface area is 120 Å². The van der Waals surface area contributed by atoms with E-state index in [1.165, 1.54) is 0 Å². The van der Waals surface area contributed by atoms with E-state index < -0.39 is 10.2 Å². The Bertz CT molecular complexity index is 526. The van der Waals surface area contributed by atoms with Crippen LogP contribution in [0.5, 0.6) is 0 Å². The Hall–Kier alpha value is -0.960. The van der Waals surface area contributed by atoms with Crippen molar-refractivity contribution in [1.29, 1.82) is 0 Å². The van der Waals surface area contributed by atoms with Gasteiger partial charge in [-0.05, 0) is 32.4 Å². The van der Waals surface area contributed by atoms with E-state index in [2.05, 4.69) is 15.1 Å². The third-order valence-electron chi connectivity index (χ3n) is 3.53. The number of hydrogen-bond acceptors (Lipinski definition) is 4. The number of aromatic nitrogens is 2. The van der Waals surface area contributed by atoms with Crippen molar-refractivity contribution in [2.45, 2.75) is 19.4 Å². The highest BCUT2D eigenvalue weighted by atomic mass is 32.2. The quantitative estimate of drug-likeness (QED) is 0.755. The van der Waals surface area contributed by atoms with Gasteiger partial charge >= 0.3 is 0 Å². The van der Waals surface area contributed by atoms with Gasteiger partial charge in [-0.1, -0.05) is 0 Å². The molecule has 1 atom stereocenters. The van der Waals surface area contributed by atoms with Crippen molar-refractivity contribution in [3.8, 4) is 0 Å². The van der Waals surface area contributed by atoms with E-state index in [0.717, 1.165) is 24.9 Å². The first kappa shape index (κ1) is 15.4. The SMILES string of the molecule is CNCC1CCCN(S(=O)(=O)NCc2cnn(C)c2)C1. The highest BCUT2D eigenvalue weighted by molar-refractivity contribution is 7.87. The van der Waals surface area contributed by atoms with E-state index in [1.807, 2.05) is 20.3 Å². The van der Waals surface area contributed by atoms with Crippen LogP contribution in [0, 0.1) is 5.92 Å². The molecule has 1 aromatic heterocycles. The molecule has 0 radical (unpaired) electrons. The Balaban J connectivity index is 1.92. The van der Waals surface area contributed by atoms with Crippen LogP contribution in [0.25, 0.3) is 0 Å². The second-order valence-corrected chi connectivity index (χ2v) is 7.03. The maximum Gasteiger partial charge on any atom is 0.279 e. The molecule has 1 aromatic rings. The lowest BCUT2D eigenvalue weighted by Gasteiger charge is -2.31. The summed E-state index contributed by atoms with van der Waals surface area (Å²) in [4.78, 5) is 0. The van der Waals surface area contributed by atoms with Gasteiger partial charge in [0.05, 0.1) is 6.20 Å². The summed E-state index contributed by atoms with van der Waals surface area (Å²) >= 11 is 0. The van der Waals surface area contributed by atoms with Gasteiger partial charge in [-0.25, -0.2) is 0 Å². The monoisotopic (exact) mass is 301 g/mol. The fourth-order valence-corrected chi connectivity index (χ4v) is 3.84. The molecule has 1 aliphatic rings. The number of aryl methyl sites for hydroxylation is 1. The topological polar surface area (TPSA) is 79.3 Å². The maximum absolute atomic E-state index is 12.3. The molecule has 7 nitrogen and oxygen atoms in total. The summed E-state index contributed by atoms with van der Waals surface area (Å²) in [6, 6.07) is 0.